The van der Waals surface area contributed by atoms with Gasteiger partial charge in [-0.05, 0) is 24.2 Å². The van der Waals surface area contributed by atoms with E-state index < -0.39 is 0 Å². The van der Waals surface area contributed by atoms with Crippen molar-refractivity contribution >= 4 is 11.8 Å². The van der Waals surface area contributed by atoms with Gasteiger partial charge in [-0.1, -0.05) is 13.8 Å². The van der Waals surface area contributed by atoms with Crippen molar-refractivity contribution in [3.63, 3.8) is 0 Å². The second-order valence-electron chi connectivity index (χ2n) is 4.39. The molecule has 92 valence electrons. The van der Waals surface area contributed by atoms with Crippen LogP contribution in [0, 0.1) is 0 Å². The standard InChI is InChI=1S/C13H17NO2S/c1-3-14-13-8(2)17-12-7-11-10(6-9(12)13)15-4-5-16-11/h6-8,13-14H,3-5H2,1-2H3. The molecule has 1 aromatic carbocycles. The lowest BCUT2D eigenvalue weighted by molar-refractivity contribution is 0.170. The van der Waals surface area contributed by atoms with Crippen molar-refractivity contribution in [3.05, 3.63) is 17.7 Å². The summed E-state index contributed by atoms with van der Waals surface area (Å²) in [5, 5.41) is 4.10. The maximum atomic E-state index is 5.65. The summed E-state index contributed by atoms with van der Waals surface area (Å²) < 4.78 is 11.3. The average molecular weight is 251 g/mol. The SMILES string of the molecule is CCNC1c2cc3c(cc2SC1C)OCCO3. The molecule has 0 aromatic heterocycles. The fraction of sp³-hybridized carbons (Fsp3) is 0.538. The third-order valence-corrected chi connectivity index (χ3v) is 4.47. The van der Waals surface area contributed by atoms with Crippen LogP contribution >= 0.6 is 11.8 Å². The highest BCUT2D eigenvalue weighted by Gasteiger charge is 2.31. The predicted molar refractivity (Wildman–Crippen MR) is 69.2 cm³/mol. The van der Waals surface area contributed by atoms with Gasteiger partial charge in [0.1, 0.15) is 13.2 Å². The first-order valence-corrected chi connectivity index (χ1v) is 7.01. The van der Waals surface area contributed by atoms with E-state index in [1.165, 1.54) is 10.5 Å². The number of ether oxygens (including phenoxy) is 2. The molecule has 0 fully saturated rings. The van der Waals surface area contributed by atoms with E-state index >= 15 is 0 Å². The Kier molecular flexibility index (Phi) is 2.92. The molecule has 0 saturated heterocycles. The Bertz CT molecular complexity index is 436. The van der Waals surface area contributed by atoms with E-state index in [9.17, 15) is 0 Å². The number of hydrogen-bond acceptors (Lipinski definition) is 4. The molecule has 2 aliphatic heterocycles. The van der Waals surface area contributed by atoms with Gasteiger partial charge in [0.25, 0.3) is 0 Å². The molecule has 3 rings (SSSR count). The summed E-state index contributed by atoms with van der Waals surface area (Å²) in [4.78, 5) is 1.33. The molecule has 17 heavy (non-hydrogen) atoms. The molecule has 0 aliphatic carbocycles. The number of thioether (sulfide) groups is 1. The van der Waals surface area contributed by atoms with Crippen LogP contribution < -0.4 is 14.8 Å². The summed E-state index contributed by atoms with van der Waals surface area (Å²) in [5.74, 6) is 1.79. The van der Waals surface area contributed by atoms with Gasteiger partial charge in [-0.2, -0.15) is 0 Å². The van der Waals surface area contributed by atoms with Gasteiger partial charge in [-0.3, -0.25) is 0 Å². The van der Waals surface area contributed by atoms with E-state index in [0.717, 1.165) is 18.0 Å². The van der Waals surface area contributed by atoms with Crippen LogP contribution in [-0.4, -0.2) is 25.0 Å². The third-order valence-electron chi connectivity index (χ3n) is 3.22. The molecule has 4 heteroatoms. The molecule has 0 saturated carbocycles. The van der Waals surface area contributed by atoms with Crippen molar-refractivity contribution < 1.29 is 9.47 Å². The van der Waals surface area contributed by atoms with Gasteiger partial charge in [-0.15, -0.1) is 11.8 Å². The maximum Gasteiger partial charge on any atom is 0.162 e. The third kappa shape index (κ3) is 1.89. The van der Waals surface area contributed by atoms with Crippen LogP contribution in [0.5, 0.6) is 11.5 Å². The summed E-state index contributed by atoms with van der Waals surface area (Å²) >= 11 is 1.91. The quantitative estimate of drug-likeness (QED) is 0.875. The van der Waals surface area contributed by atoms with Crippen LogP contribution in [0.2, 0.25) is 0 Å². The zero-order chi connectivity index (χ0) is 11.8. The monoisotopic (exact) mass is 251 g/mol. The van der Waals surface area contributed by atoms with E-state index in [0.29, 0.717) is 24.5 Å². The van der Waals surface area contributed by atoms with E-state index in [1.807, 2.05) is 11.8 Å². The van der Waals surface area contributed by atoms with Crippen molar-refractivity contribution in [2.75, 3.05) is 19.8 Å². The molecule has 2 unspecified atom stereocenters. The van der Waals surface area contributed by atoms with E-state index in [4.69, 9.17) is 9.47 Å². The number of benzene rings is 1. The molecular formula is C13H17NO2S. The molecule has 0 spiro atoms. The lowest BCUT2D eigenvalue weighted by Crippen LogP contribution is -2.25. The summed E-state index contributed by atoms with van der Waals surface area (Å²) in [6.45, 7) is 6.71. The van der Waals surface area contributed by atoms with Crippen LogP contribution in [-0.2, 0) is 0 Å². The fourth-order valence-corrected chi connectivity index (χ4v) is 3.72. The number of rotatable bonds is 2. The van der Waals surface area contributed by atoms with Gasteiger partial charge in [0.15, 0.2) is 11.5 Å². The lowest BCUT2D eigenvalue weighted by atomic mass is 10.0. The van der Waals surface area contributed by atoms with Crippen molar-refractivity contribution in [1.82, 2.24) is 5.32 Å². The highest BCUT2D eigenvalue weighted by atomic mass is 32.2. The highest BCUT2D eigenvalue weighted by Crippen LogP contribution is 2.48. The van der Waals surface area contributed by atoms with Gasteiger partial charge < -0.3 is 14.8 Å². The second kappa shape index (κ2) is 4.42. The largest absolute Gasteiger partial charge is 0.486 e. The predicted octanol–water partition coefficient (Wildman–Crippen LogP) is 2.60. The summed E-state index contributed by atoms with van der Waals surface area (Å²) in [6.07, 6.45) is 0. The number of nitrogens with one attached hydrogen (secondary N) is 1. The van der Waals surface area contributed by atoms with Gasteiger partial charge in [-0.25, -0.2) is 0 Å². The summed E-state index contributed by atoms with van der Waals surface area (Å²) in [5.41, 5.74) is 1.36. The smallest absolute Gasteiger partial charge is 0.162 e. The van der Waals surface area contributed by atoms with Crippen LogP contribution in [0.25, 0.3) is 0 Å². The summed E-state index contributed by atoms with van der Waals surface area (Å²) in [7, 11) is 0. The van der Waals surface area contributed by atoms with E-state index in [2.05, 4.69) is 31.3 Å². The Morgan fingerprint density at radius 2 is 2.00 bits per heavy atom. The average Bonchev–Trinajstić information content (AvgIpc) is 2.63. The molecule has 0 bridgehead atoms. The van der Waals surface area contributed by atoms with Crippen molar-refractivity contribution in [1.29, 1.82) is 0 Å². The minimum Gasteiger partial charge on any atom is -0.486 e. The first-order chi connectivity index (χ1) is 8.29. The Morgan fingerprint density at radius 1 is 1.29 bits per heavy atom. The van der Waals surface area contributed by atoms with Crippen LogP contribution in [0.15, 0.2) is 17.0 Å². The topological polar surface area (TPSA) is 30.5 Å². The first-order valence-electron chi connectivity index (χ1n) is 6.13. The molecule has 1 aromatic rings. The summed E-state index contributed by atoms with van der Waals surface area (Å²) in [6, 6.07) is 4.70. The lowest BCUT2D eigenvalue weighted by Gasteiger charge is -2.21. The Labute approximate surface area is 106 Å². The van der Waals surface area contributed by atoms with Gasteiger partial charge in [0, 0.05) is 16.2 Å². The van der Waals surface area contributed by atoms with Crippen LogP contribution in [0.4, 0.5) is 0 Å². The first kappa shape index (κ1) is 11.2. The minimum absolute atomic E-state index is 0.427. The molecule has 2 atom stereocenters. The Balaban J connectivity index is 1.99. The fourth-order valence-electron chi connectivity index (χ4n) is 2.45. The Hall–Kier alpha value is -0.870. The van der Waals surface area contributed by atoms with Crippen LogP contribution in [0.3, 0.4) is 0 Å². The number of hydrogen-bond donors (Lipinski definition) is 1. The molecule has 2 aliphatic rings. The number of fused-ring (bicyclic) bond motifs is 2. The zero-order valence-corrected chi connectivity index (χ0v) is 11.0. The maximum absolute atomic E-state index is 5.65. The van der Waals surface area contributed by atoms with Crippen molar-refractivity contribution in [2.24, 2.45) is 0 Å². The van der Waals surface area contributed by atoms with Crippen molar-refractivity contribution in [3.8, 4) is 11.5 Å². The van der Waals surface area contributed by atoms with E-state index in [1.54, 1.807) is 0 Å². The molecule has 0 radical (unpaired) electrons. The normalized spacial score (nSPS) is 25.8. The highest BCUT2D eigenvalue weighted by molar-refractivity contribution is 8.00. The molecule has 0 amide bonds. The molecule has 1 N–H and O–H groups in total. The minimum atomic E-state index is 0.427. The van der Waals surface area contributed by atoms with Gasteiger partial charge in [0.05, 0.1) is 0 Å². The Morgan fingerprint density at radius 3 is 2.71 bits per heavy atom. The van der Waals surface area contributed by atoms with Crippen molar-refractivity contribution in [2.45, 2.75) is 30.0 Å². The molecule has 2 heterocycles. The van der Waals surface area contributed by atoms with Gasteiger partial charge >= 0.3 is 0 Å². The molecular weight excluding hydrogens is 234 g/mol. The van der Waals surface area contributed by atoms with Crippen LogP contribution in [0.1, 0.15) is 25.5 Å². The van der Waals surface area contributed by atoms with Gasteiger partial charge in [0.2, 0.25) is 0 Å². The zero-order valence-electron chi connectivity index (χ0n) is 10.2. The second-order valence-corrected chi connectivity index (χ2v) is 5.81. The van der Waals surface area contributed by atoms with E-state index in [-0.39, 0.29) is 0 Å². The molecule has 3 nitrogen and oxygen atoms in total.